The molecule has 0 spiro atoms. The summed E-state index contributed by atoms with van der Waals surface area (Å²) in [5, 5.41) is 11.2. The third-order valence-corrected chi connectivity index (χ3v) is 6.82. The molecule has 1 fully saturated rings. The summed E-state index contributed by atoms with van der Waals surface area (Å²) in [5.74, 6) is 0.705. The number of aromatic nitrogens is 2. The van der Waals surface area contributed by atoms with Crippen molar-refractivity contribution >= 4 is 45.6 Å². The maximum Gasteiger partial charge on any atom is 0.233 e. The van der Waals surface area contributed by atoms with Crippen LogP contribution in [0.15, 0.2) is 24.3 Å². The highest BCUT2D eigenvalue weighted by Gasteiger charge is 2.37. The number of nitrogens with zero attached hydrogens (tertiary/aromatic N) is 6. The summed E-state index contributed by atoms with van der Waals surface area (Å²) in [4.78, 5) is 27.5. The summed E-state index contributed by atoms with van der Waals surface area (Å²) < 4.78 is 19.5. The molecule has 1 aromatic carbocycles. The van der Waals surface area contributed by atoms with Gasteiger partial charge in [-0.25, -0.2) is 14.4 Å². The summed E-state index contributed by atoms with van der Waals surface area (Å²) in [6, 6.07) is 8.69. The number of nitrogens with two attached hydrogens (primary N) is 2. The minimum atomic E-state index is -0.271. The number of amides is 1. The molecule has 0 saturated carbocycles. The number of carbonyl (C=O) groups is 1. The Hall–Kier alpha value is -4.17. The Morgan fingerprint density at radius 1 is 1.08 bits per heavy atom. The van der Waals surface area contributed by atoms with Crippen molar-refractivity contribution in [3.63, 3.8) is 0 Å². The average Bonchev–Trinajstić information content (AvgIpc) is 3.19. The molecule has 0 aliphatic carbocycles. The van der Waals surface area contributed by atoms with Gasteiger partial charge in [-0.05, 0) is 19.1 Å². The number of pyridine rings is 2. The lowest BCUT2D eigenvalue weighted by molar-refractivity contribution is -0.118. The molecule has 2 aromatic heterocycles. The maximum absolute atomic E-state index is 14.3. The van der Waals surface area contributed by atoms with E-state index in [0.717, 1.165) is 0 Å². The lowest BCUT2D eigenvalue weighted by atomic mass is 10.00. The summed E-state index contributed by atoms with van der Waals surface area (Å²) in [5.41, 5.74) is 14.1. The van der Waals surface area contributed by atoms with Crippen LogP contribution < -0.4 is 26.2 Å². The Kier molecular flexibility index (Phi) is 5.97. The van der Waals surface area contributed by atoms with Crippen LogP contribution in [0.2, 0.25) is 0 Å². The lowest BCUT2D eigenvalue weighted by Crippen LogP contribution is -2.47. The number of benzene rings is 1. The van der Waals surface area contributed by atoms with Gasteiger partial charge in [-0.2, -0.15) is 5.26 Å². The number of hydrogen-bond donors (Lipinski definition) is 2. The molecule has 36 heavy (non-hydrogen) atoms. The Balaban J connectivity index is 1.57. The largest absolute Gasteiger partial charge is 0.383 e. The van der Waals surface area contributed by atoms with E-state index in [1.165, 1.54) is 6.07 Å². The molecule has 0 bridgehead atoms. The Morgan fingerprint density at radius 2 is 1.72 bits per heavy atom. The second kappa shape index (κ2) is 9.13. The van der Waals surface area contributed by atoms with E-state index in [4.69, 9.17) is 16.2 Å². The monoisotopic (exact) mass is 490 g/mol. The van der Waals surface area contributed by atoms with Gasteiger partial charge >= 0.3 is 0 Å². The third-order valence-electron chi connectivity index (χ3n) is 6.82. The first kappa shape index (κ1) is 23.6. The summed E-state index contributed by atoms with van der Waals surface area (Å²) in [6.45, 7) is 4.31. The zero-order valence-corrected chi connectivity index (χ0v) is 20.2. The quantitative estimate of drug-likeness (QED) is 0.550. The van der Waals surface area contributed by atoms with E-state index in [1.807, 2.05) is 16.7 Å². The zero-order chi connectivity index (χ0) is 25.6. The standard InChI is InChI=1S/C25H27FN8O2/c1-14(13-36-2)34-19(35)11-15-20-16(12-27)24(30-22(28)21(20)23(29)31-25(15)34)33-9-7-32(8-10-33)18-6-4-3-5-17(18)26/h3-6,14H,7-11,13H2,1-2H3,(H2,28,30)(H2,29,31)/t14-/m0/s1. The number of methoxy groups -OCH3 is 1. The molecule has 1 atom stereocenters. The Morgan fingerprint density at radius 3 is 2.36 bits per heavy atom. The smallest absolute Gasteiger partial charge is 0.233 e. The van der Waals surface area contributed by atoms with Crippen molar-refractivity contribution in [2.24, 2.45) is 0 Å². The second-order valence-corrected chi connectivity index (χ2v) is 9.03. The lowest BCUT2D eigenvalue weighted by Gasteiger charge is -2.37. The van der Waals surface area contributed by atoms with Crippen LogP contribution in [0, 0.1) is 17.1 Å². The molecule has 0 unspecified atom stereocenters. The fourth-order valence-corrected chi connectivity index (χ4v) is 5.19. The van der Waals surface area contributed by atoms with E-state index in [0.29, 0.717) is 72.0 Å². The highest BCUT2D eigenvalue weighted by atomic mass is 19.1. The normalized spacial score (nSPS) is 16.4. The third kappa shape index (κ3) is 3.70. The van der Waals surface area contributed by atoms with Gasteiger partial charge in [-0.1, -0.05) is 12.1 Å². The number of ether oxygens (including phenoxy) is 1. The Labute approximate surface area is 207 Å². The average molecular weight is 491 g/mol. The molecule has 2 aliphatic rings. The first-order valence-corrected chi connectivity index (χ1v) is 11.7. The number of fused-ring (bicyclic) bond motifs is 3. The van der Waals surface area contributed by atoms with Gasteiger partial charge in [0, 0.05) is 44.2 Å². The van der Waals surface area contributed by atoms with Crippen LogP contribution >= 0.6 is 0 Å². The van der Waals surface area contributed by atoms with E-state index in [-0.39, 0.29) is 35.8 Å². The van der Waals surface area contributed by atoms with Gasteiger partial charge in [0.15, 0.2) is 0 Å². The van der Waals surface area contributed by atoms with Crippen LogP contribution in [0.4, 0.5) is 33.3 Å². The number of hydrogen-bond acceptors (Lipinski definition) is 9. The molecule has 11 heteroatoms. The molecule has 1 amide bonds. The topological polar surface area (TPSA) is 138 Å². The minimum Gasteiger partial charge on any atom is -0.383 e. The van der Waals surface area contributed by atoms with Crippen molar-refractivity contribution in [1.82, 2.24) is 9.97 Å². The number of piperazine rings is 1. The molecule has 186 valence electrons. The summed E-state index contributed by atoms with van der Waals surface area (Å²) >= 11 is 0. The fourth-order valence-electron chi connectivity index (χ4n) is 5.19. The van der Waals surface area contributed by atoms with Crippen molar-refractivity contribution in [3.05, 3.63) is 41.2 Å². The minimum absolute atomic E-state index is 0.0752. The van der Waals surface area contributed by atoms with Gasteiger partial charge in [-0.15, -0.1) is 0 Å². The van der Waals surface area contributed by atoms with E-state index < -0.39 is 0 Å². The van der Waals surface area contributed by atoms with Crippen LogP contribution in [0.1, 0.15) is 18.1 Å². The molecular weight excluding hydrogens is 463 g/mol. The molecule has 4 heterocycles. The number of carbonyl (C=O) groups excluding carboxylic acids is 1. The molecular formula is C25H27FN8O2. The number of rotatable bonds is 5. The highest BCUT2D eigenvalue weighted by molar-refractivity contribution is 6.13. The van der Waals surface area contributed by atoms with Gasteiger partial charge in [0.25, 0.3) is 0 Å². The first-order valence-electron chi connectivity index (χ1n) is 11.7. The van der Waals surface area contributed by atoms with Gasteiger partial charge in [0.2, 0.25) is 5.91 Å². The van der Waals surface area contributed by atoms with Crippen LogP contribution in [0.3, 0.4) is 0 Å². The van der Waals surface area contributed by atoms with Gasteiger partial charge < -0.3 is 26.0 Å². The number of anilines is 5. The second-order valence-electron chi connectivity index (χ2n) is 9.03. The predicted molar refractivity (Wildman–Crippen MR) is 136 cm³/mol. The zero-order valence-electron chi connectivity index (χ0n) is 20.2. The van der Waals surface area contributed by atoms with E-state index in [9.17, 15) is 14.4 Å². The van der Waals surface area contributed by atoms with Crippen LogP contribution in [0.5, 0.6) is 0 Å². The van der Waals surface area contributed by atoms with E-state index >= 15 is 0 Å². The van der Waals surface area contributed by atoms with Crippen molar-refractivity contribution < 1.29 is 13.9 Å². The van der Waals surface area contributed by atoms with Crippen LogP contribution in [-0.2, 0) is 16.0 Å². The van der Waals surface area contributed by atoms with Crippen LogP contribution in [0.25, 0.3) is 10.8 Å². The van der Waals surface area contributed by atoms with Gasteiger partial charge in [0.1, 0.15) is 40.7 Å². The number of para-hydroxylation sites is 1. The molecule has 3 aromatic rings. The Bertz CT molecular complexity index is 1400. The first-order chi connectivity index (χ1) is 17.3. The van der Waals surface area contributed by atoms with Crippen LogP contribution in [-0.4, -0.2) is 61.8 Å². The van der Waals surface area contributed by atoms with Crippen molar-refractivity contribution in [3.8, 4) is 6.07 Å². The maximum atomic E-state index is 14.3. The van der Waals surface area contributed by atoms with Crippen molar-refractivity contribution in [2.45, 2.75) is 19.4 Å². The van der Waals surface area contributed by atoms with E-state index in [1.54, 1.807) is 30.2 Å². The molecule has 5 rings (SSSR count). The highest BCUT2D eigenvalue weighted by Crippen LogP contribution is 2.42. The number of nitrogen functional groups attached to an aromatic ring is 2. The SMILES string of the molecule is COC[C@H](C)N1C(=O)Cc2c1nc(N)c1c(N)nc(N3CCN(c4ccccc4F)CC3)c(C#N)c21. The van der Waals surface area contributed by atoms with E-state index in [2.05, 4.69) is 16.0 Å². The predicted octanol–water partition coefficient (Wildman–Crippen LogP) is 2.06. The fraction of sp³-hybridized carbons (Fsp3) is 0.360. The van der Waals surface area contributed by atoms with Crippen molar-refractivity contribution in [1.29, 1.82) is 5.26 Å². The summed E-state index contributed by atoms with van der Waals surface area (Å²) in [7, 11) is 1.57. The molecule has 2 aliphatic heterocycles. The molecule has 10 nitrogen and oxygen atoms in total. The van der Waals surface area contributed by atoms with Crippen molar-refractivity contribution in [2.75, 3.05) is 66.1 Å². The number of nitriles is 1. The molecule has 0 radical (unpaired) electrons. The molecule has 4 N–H and O–H groups in total. The number of halogens is 1. The summed E-state index contributed by atoms with van der Waals surface area (Å²) in [6.07, 6.45) is 0.0752. The molecule has 1 saturated heterocycles. The van der Waals surface area contributed by atoms with Gasteiger partial charge in [0.05, 0.1) is 30.1 Å². The van der Waals surface area contributed by atoms with Gasteiger partial charge in [-0.3, -0.25) is 9.69 Å².